The Labute approximate surface area is 91.9 Å². The Kier molecular flexibility index (Phi) is 2.48. The van der Waals surface area contributed by atoms with Gasteiger partial charge in [0.25, 0.3) is 0 Å². The van der Waals surface area contributed by atoms with Crippen LogP contribution in [-0.2, 0) is 0 Å². The number of nitrogens with one attached hydrogen (secondary N) is 1. The normalized spacial score (nSPS) is 10.4. The van der Waals surface area contributed by atoms with Gasteiger partial charge in [0.1, 0.15) is 11.1 Å². The number of hydrogen-bond acceptors (Lipinski definition) is 4. The van der Waals surface area contributed by atoms with Gasteiger partial charge in [0.2, 0.25) is 11.3 Å². The lowest BCUT2D eigenvalue weighted by Gasteiger charge is -2.05. The van der Waals surface area contributed by atoms with Gasteiger partial charge in [0.05, 0.1) is 5.39 Å². The predicted molar refractivity (Wildman–Crippen MR) is 62.2 cm³/mol. The molecule has 0 fully saturated rings. The lowest BCUT2D eigenvalue weighted by Crippen LogP contribution is -2.11. The summed E-state index contributed by atoms with van der Waals surface area (Å²) in [6, 6.07) is 5.29. The number of carbonyl (C=O) groups is 1. The molecule has 0 radical (unpaired) electrons. The zero-order valence-electron chi connectivity index (χ0n) is 9.03. The van der Waals surface area contributed by atoms with Crippen LogP contribution in [0.2, 0.25) is 0 Å². The second kappa shape index (κ2) is 3.81. The highest BCUT2D eigenvalue weighted by molar-refractivity contribution is 5.89. The molecule has 1 heterocycles. The van der Waals surface area contributed by atoms with Crippen molar-refractivity contribution in [3.8, 4) is 0 Å². The van der Waals surface area contributed by atoms with Gasteiger partial charge in [-0.1, -0.05) is 11.6 Å². The standard InChI is InChI=1S/C12H11NO3/c1-7-3-4-10-8(5-7)11(15)9(6-14)12(13-2)16-10/h3-6,13H,1-2H3. The van der Waals surface area contributed by atoms with Crippen molar-refractivity contribution in [2.45, 2.75) is 6.92 Å². The number of anilines is 1. The van der Waals surface area contributed by atoms with Crippen molar-refractivity contribution in [2.24, 2.45) is 0 Å². The average Bonchev–Trinajstić information content (AvgIpc) is 2.29. The van der Waals surface area contributed by atoms with Crippen LogP contribution in [-0.4, -0.2) is 13.3 Å². The minimum atomic E-state index is -0.302. The summed E-state index contributed by atoms with van der Waals surface area (Å²) in [7, 11) is 1.60. The van der Waals surface area contributed by atoms with Crippen LogP contribution in [0.1, 0.15) is 15.9 Å². The minimum Gasteiger partial charge on any atom is -0.440 e. The van der Waals surface area contributed by atoms with Crippen LogP contribution in [0.4, 0.5) is 5.88 Å². The maximum absolute atomic E-state index is 12.0. The summed E-state index contributed by atoms with van der Waals surface area (Å²) >= 11 is 0. The van der Waals surface area contributed by atoms with E-state index in [2.05, 4.69) is 5.32 Å². The fourth-order valence-electron chi connectivity index (χ4n) is 1.62. The Balaban J connectivity index is 2.94. The summed E-state index contributed by atoms with van der Waals surface area (Å²) in [5, 5.41) is 3.13. The van der Waals surface area contributed by atoms with Crippen molar-refractivity contribution < 1.29 is 9.21 Å². The largest absolute Gasteiger partial charge is 0.440 e. The van der Waals surface area contributed by atoms with E-state index in [0.717, 1.165) is 5.56 Å². The van der Waals surface area contributed by atoms with Crippen LogP contribution in [0.5, 0.6) is 0 Å². The van der Waals surface area contributed by atoms with Crippen molar-refractivity contribution in [3.05, 3.63) is 39.5 Å². The highest BCUT2D eigenvalue weighted by atomic mass is 16.3. The van der Waals surface area contributed by atoms with E-state index in [0.29, 0.717) is 17.3 Å². The molecule has 1 aromatic heterocycles. The van der Waals surface area contributed by atoms with Crippen LogP contribution in [0.25, 0.3) is 11.0 Å². The van der Waals surface area contributed by atoms with Gasteiger partial charge in [-0.25, -0.2) is 0 Å². The van der Waals surface area contributed by atoms with Crippen molar-refractivity contribution in [3.63, 3.8) is 0 Å². The summed E-state index contributed by atoms with van der Waals surface area (Å²) < 4.78 is 5.43. The number of aryl methyl sites for hydroxylation is 1. The van der Waals surface area contributed by atoms with E-state index >= 15 is 0 Å². The van der Waals surface area contributed by atoms with E-state index in [4.69, 9.17) is 4.42 Å². The zero-order chi connectivity index (χ0) is 11.7. The Morgan fingerprint density at radius 2 is 2.12 bits per heavy atom. The molecule has 82 valence electrons. The fraction of sp³-hybridized carbons (Fsp3) is 0.167. The van der Waals surface area contributed by atoms with E-state index in [1.807, 2.05) is 13.0 Å². The Bertz CT molecular complexity index is 613. The first-order chi connectivity index (χ1) is 7.67. The number of hydrogen-bond donors (Lipinski definition) is 1. The average molecular weight is 217 g/mol. The van der Waals surface area contributed by atoms with Crippen molar-refractivity contribution >= 4 is 23.1 Å². The van der Waals surface area contributed by atoms with Crippen molar-refractivity contribution in [1.82, 2.24) is 0 Å². The second-order valence-electron chi connectivity index (χ2n) is 3.54. The molecule has 0 aliphatic rings. The monoisotopic (exact) mass is 217 g/mol. The van der Waals surface area contributed by atoms with Crippen LogP contribution >= 0.6 is 0 Å². The topological polar surface area (TPSA) is 59.3 Å². The van der Waals surface area contributed by atoms with Crippen LogP contribution in [0.15, 0.2) is 27.4 Å². The molecule has 0 unspecified atom stereocenters. The minimum absolute atomic E-state index is 0.0283. The van der Waals surface area contributed by atoms with Gasteiger partial charge in [0.15, 0.2) is 6.29 Å². The van der Waals surface area contributed by atoms with Crippen molar-refractivity contribution in [2.75, 3.05) is 12.4 Å². The lowest BCUT2D eigenvalue weighted by molar-refractivity contribution is 0.112. The Morgan fingerprint density at radius 1 is 1.38 bits per heavy atom. The Morgan fingerprint density at radius 3 is 2.75 bits per heavy atom. The number of rotatable bonds is 2. The van der Waals surface area contributed by atoms with Crippen LogP contribution < -0.4 is 10.7 Å². The van der Waals surface area contributed by atoms with Crippen LogP contribution in [0, 0.1) is 6.92 Å². The summed E-state index contributed by atoms with van der Waals surface area (Å²) in [6.07, 6.45) is 0.513. The molecule has 0 spiro atoms. The van der Waals surface area contributed by atoms with Gasteiger partial charge in [-0.3, -0.25) is 9.59 Å². The Hall–Kier alpha value is -2.10. The number of carbonyl (C=O) groups excluding carboxylic acids is 1. The molecule has 0 aliphatic heterocycles. The molecule has 0 atom stereocenters. The molecule has 2 aromatic rings. The molecule has 0 aliphatic carbocycles. The first kappa shape index (κ1) is 10.4. The van der Waals surface area contributed by atoms with E-state index in [1.54, 1.807) is 19.2 Å². The maximum Gasteiger partial charge on any atom is 0.207 e. The summed E-state index contributed by atoms with van der Waals surface area (Å²) in [5.74, 6) is 0.205. The van der Waals surface area contributed by atoms with Gasteiger partial charge in [-0.2, -0.15) is 0 Å². The third-order valence-corrected chi connectivity index (χ3v) is 2.43. The summed E-state index contributed by atoms with van der Waals surface area (Å²) in [5.41, 5.74) is 1.16. The van der Waals surface area contributed by atoms with E-state index in [-0.39, 0.29) is 16.9 Å². The van der Waals surface area contributed by atoms with Crippen LogP contribution in [0.3, 0.4) is 0 Å². The fourth-order valence-corrected chi connectivity index (χ4v) is 1.62. The first-order valence-electron chi connectivity index (χ1n) is 4.87. The van der Waals surface area contributed by atoms with Gasteiger partial charge in [-0.05, 0) is 19.1 Å². The summed E-state index contributed by atoms with van der Waals surface area (Å²) in [6.45, 7) is 1.88. The molecule has 2 rings (SSSR count). The number of aldehydes is 1. The molecule has 16 heavy (non-hydrogen) atoms. The van der Waals surface area contributed by atoms with E-state index in [9.17, 15) is 9.59 Å². The van der Waals surface area contributed by atoms with Gasteiger partial charge in [-0.15, -0.1) is 0 Å². The molecular formula is C12H11NO3. The summed E-state index contributed by atoms with van der Waals surface area (Å²) in [4.78, 5) is 22.8. The maximum atomic E-state index is 12.0. The van der Waals surface area contributed by atoms with E-state index < -0.39 is 0 Å². The van der Waals surface area contributed by atoms with Crippen molar-refractivity contribution in [1.29, 1.82) is 0 Å². The molecule has 1 N–H and O–H groups in total. The molecule has 0 saturated carbocycles. The van der Waals surface area contributed by atoms with Gasteiger partial charge >= 0.3 is 0 Å². The molecule has 0 bridgehead atoms. The van der Waals surface area contributed by atoms with Gasteiger partial charge in [0, 0.05) is 7.05 Å². The number of fused-ring (bicyclic) bond motifs is 1. The third kappa shape index (κ3) is 1.48. The highest BCUT2D eigenvalue weighted by Gasteiger charge is 2.12. The predicted octanol–water partition coefficient (Wildman–Crippen LogP) is 1.96. The quantitative estimate of drug-likeness (QED) is 0.781. The molecule has 1 aromatic carbocycles. The van der Waals surface area contributed by atoms with E-state index in [1.165, 1.54) is 0 Å². The smallest absolute Gasteiger partial charge is 0.207 e. The lowest BCUT2D eigenvalue weighted by atomic mass is 10.1. The highest BCUT2D eigenvalue weighted by Crippen LogP contribution is 2.19. The number of benzene rings is 1. The molecule has 4 heteroatoms. The SMILES string of the molecule is CNc1oc2ccc(C)cc2c(=O)c1C=O. The first-order valence-corrected chi connectivity index (χ1v) is 4.87. The third-order valence-electron chi connectivity index (χ3n) is 2.43. The zero-order valence-corrected chi connectivity index (χ0v) is 9.03. The molecule has 0 amide bonds. The second-order valence-corrected chi connectivity index (χ2v) is 3.54. The molecule has 0 saturated heterocycles. The molecular weight excluding hydrogens is 206 g/mol. The van der Waals surface area contributed by atoms with Gasteiger partial charge < -0.3 is 9.73 Å². The molecule has 4 nitrogen and oxygen atoms in total.